The highest BCUT2D eigenvalue weighted by Gasteiger charge is 2.14. The highest BCUT2D eigenvalue weighted by molar-refractivity contribution is 7.14. The normalized spacial score (nSPS) is 10.9. The van der Waals surface area contributed by atoms with Crippen molar-refractivity contribution in [2.75, 3.05) is 5.32 Å². The number of benzene rings is 1. The molecule has 0 unspecified atom stereocenters. The summed E-state index contributed by atoms with van der Waals surface area (Å²) in [6.07, 6.45) is 1.74. The molecule has 0 aliphatic rings. The fourth-order valence-electron chi connectivity index (χ4n) is 2.14. The fourth-order valence-corrected chi connectivity index (χ4v) is 2.75. The number of fused-ring (bicyclic) bond motifs is 1. The van der Waals surface area contributed by atoms with Gasteiger partial charge in [0.2, 0.25) is 0 Å². The smallest absolute Gasteiger partial charge is 0.278 e. The van der Waals surface area contributed by atoms with Crippen molar-refractivity contribution in [2.24, 2.45) is 0 Å². The first-order valence-corrected chi connectivity index (χ1v) is 7.43. The number of aromatic amines is 1. The van der Waals surface area contributed by atoms with Gasteiger partial charge in [-0.25, -0.2) is 0 Å². The lowest BCUT2D eigenvalue weighted by molar-refractivity contribution is 0.101. The van der Waals surface area contributed by atoms with Crippen LogP contribution < -0.4 is 5.32 Å². The number of H-pyrrole nitrogens is 1. The van der Waals surface area contributed by atoms with E-state index in [2.05, 4.69) is 20.7 Å². The van der Waals surface area contributed by atoms with E-state index in [1.807, 2.05) is 35.7 Å². The summed E-state index contributed by atoms with van der Waals surface area (Å²) >= 11 is 1.45. The molecule has 6 nitrogen and oxygen atoms in total. The molecule has 0 spiro atoms. The maximum Gasteiger partial charge on any atom is 0.278 e. The summed E-state index contributed by atoms with van der Waals surface area (Å²) in [7, 11) is 0. The molecule has 0 aliphatic heterocycles. The predicted octanol–water partition coefficient (Wildman–Crippen LogP) is 3.53. The first-order valence-electron chi connectivity index (χ1n) is 6.55. The molecule has 0 fully saturated rings. The Hall–Kier alpha value is -2.93. The number of carbonyl (C=O) groups is 1. The second-order valence-electron chi connectivity index (χ2n) is 4.68. The van der Waals surface area contributed by atoms with Gasteiger partial charge in [0.05, 0.1) is 16.7 Å². The van der Waals surface area contributed by atoms with Crippen LogP contribution in [0.3, 0.4) is 0 Å². The summed E-state index contributed by atoms with van der Waals surface area (Å²) in [5, 5.41) is 17.1. The molecule has 2 N–H and O–H groups in total. The molecule has 22 heavy (non-hydrogen) atoms. The molecule has 108 valence electrons. The van der Waals surface area contributed by atoms with Crippen LogP contribution in [-0.4, -0.2) is 21.3 Å². The number of hydrogen-bond donors (Lipinski definition) is 2. The Morgan fingerprint density at radius 1 is 1.27 bits per heavy atom. The topological polar surface area (TPSA) is 83.8 Å². The summed E-state index contributed by atoms with van der Waals surface area (Å²) < 4.78 is 5.28. The van der Waals surface area contributed by atoms with Crippen LogP contribution in [0, 0.1) is 0 Å². The van der Waals surface area contributed by atoms with Crippen LogP contribution in [-0.2, 0) is 0 Å². The molecule has 0 aliphatic carbocycles. The average Bonchev–Trinajstić information content (AvgIpc) is 3.27. The zero-order valence-corrected chi connectivity index (χ0v) is 12.1. The van der Waals surface area contributed by atoms with Gasteiger partial charge in [-0.05, 0) is 35.7 Å². The Kier molecular flexibility index (Phi) is 2.97. The minimum Gasteiger partial charge on any atom is -0.355 e. The fraction of sp³-hybridized carbons (Fsp3) is 0. The number of nitrogens with zero attached hydrogens (tertiary/aromatic N) is 2. The van der Waals surface area contributed by atoms with E-state index in [4.69, 9.17) is 4.52 Å². The lowest BCUT2D eigenvalue weighted by Crippen LogP contribution is -2.10. The molecule has 0 bridgehead atoms. The van der Waals surface area contributed by atoms with Crippen molar-refractivity contribution in [1.82, 2.24) is 15.4 Å². The lowest BCUT2D eigenvalue weighted by Gasteiger charge is -1.97. The molecule has 1 amide bonds. The third-order valence-electron chi connectivity index (χ3n) is 3.23. The van der Waals surface area contributed by atoms with Gasteiger partial charge in [-0.15, -0.1) is 11.3 Å². The van der Waals surface area contributed by atoms with E-state index in [0.29, 0.717) is 5.76 Å². The number of amides is 1. The monoisotopic (exact) mass is 310 g/mol. The van der Waals surface area contributed by atoms with Crippen molar-refractivity contribution >= 4 is 33.1 Å². The van der Waals surface area contributed by atoms with Crippen LogP contribution in [0.2, 0.25) is 0 Å². The van der Waals surface area contributed by atoms with E-state index in [1.54, 1.807) is 12.3 Å². The van der Waals surface area contributed by atoms with Gasteiger partial charge in [-0.2, -0.15) is 5.10 Å². The quantitative estimate of drug-likeness (QED) is 0.606. The Morgan fingerprint density at radius 3 is 3.09 bits per heavy atom. The van der Waals surface area contributed by atoms with Crippen molar-refractivity contribution in [3.8, 4) is 11.3 Å². The first kappa shape index (κ1) is 12.8. The van der Waals surface area contributed by atoms with E-state index < -0.39 is 0 Å². The van der Waals surface area contributed by atoms with Crippen molar-refractivity contribution < 1.29 is 9.32 Å². The predicted molar refractivity (Wildman–Crippen MR) is 83.9 cm³/mol. The number of thiophene rings is 1. The second-order valence-corrected chi connectivity index (χ2v) is 5.63. The van der Waals surface area contributed by atoms with E-state index in [-0.39, 0.29) is 11.6 Å². The molecule has 1 aromatic carbocycles. The van der Waals surface area contributed by atoms with Gasteiger partial charge in [0, 0.05) is 17.0 Å². The van der Waals surface area contributed by atoms with Crippen molar-refractivity contribution in [1.29, 1.82) is 0 Å². The third-order valence-corrected chi connectivity index (χ3v) is 4.01. The van der Waals surface area contributed by atoms with Gasteiger partial charge in [0.15, 0.2) is 11.5 Å². The molecule has 4 aromatic rings. The van der Waals surface area contributed by atoms with Gasteiger partial charge in [-0.1, -0.05) is 5.16 Å². The van der Waals surface area contributed by atoms with E-state index in [9.17, 15) is 4.79 Å². The Bertz CT molecular complexity index is 939. The van der Waals surface area contributed by atoms with Crippen LogP contribution in [0.1, 0.15) is 10.5 Å². The molecule has 3 aromatic heterocycles. The number of hydrogen-bond acceptors (Lipinski definition) is 5. The Morgan fingerprint density at radius 2 is 2.23 bits per heavy atom. The number of anilines is 1. The standard InChI is InChI=1S/C15H10N4O2S/c20-15(17-14-2-1-5-22-14)12-7-13(21-19-12)9-3-4-11-10(6-9)8-16-18-11/h1-8H,(H,16,18)(H,17,20). The number of aromatic nitrogens is 3. The van der Waals surface area contributed by atoms with Crippen molar-refractivity contribution in [2.45, 2.75) is 0 Å². The van der Waals surface area contributed by atoms with E-state index >= 15 is 0 Å². The summed E-state index contributed by atoms with van der Waals surface area (Å²) in [6, 6.07) is 11.1. The highest BCUT2D eigenvalue weighted by atomic mass is 32.1. The van der Waals surface area contributed by atoms with Gasteiger partial charge in [-0.3, -0.25) is 9.89 Å². The maximum atomic E-state index is 12.1. The zero-order chi connectivity index (χ0) is 14.9. The van der Waals surface area contributed by atoms with Gasteiger partial charge < -0.3 is 9.84 Å². The van der Waals surface area contributed by atoms with E-state index in [0.717, 1.165) is 21.5 Å². The number of carbonyl (C=O) groups excluding carboxylic acids is 1. The molecule has 4 rings (SSSR count). The molecular weight excluding hydrogens is 300 g/mol. The molecule has 0 atom stereocenters. The highest BCUT2D eigenvalue weighted by Crippen LogP contribution is 2.24. The molecule has 7 heteroatoms. The lowest BCUT2D eigenvalue weighted by atomic mass is 10.1. The van der Waals surface area contributed by atoms with Crippen LogP contribution in [0.25, 0.3) is 22.2 Å². The molecule has 0 saturated carbocycles. The first-order chi connectivity index (χ1) is 10.8. The minimum absolute atomic E-state index is 0.246. The average molecular weight is 310 g/mol. The van der Waals surface area contributed by atoms with E-state index in [1.165, 1.54) is 11.3 Å². The summed E-state index contributed by atoms with van der Waals surface area (Å²) in [5.74, 6) is 0.251. The number of rotatable bonds is 3. The molecule has 3 heterocycles. The van der Waals surface area contributed by atoms with Crippen LogP contribution >= 0.6 is 11.3 Å². The van der Waals surface area contributed by atoms with Crippen LogP contribution in [0.15, 0.2) is 52.5 Å². The Balaban J connectivity index is 1.61. The maximum absolute atomic E-state index is 12.1. The zero-order valence-electron chi connectivity index (χ0n) is 11.2. The van der Waals surface area contributed by atoms with Crippen molar-refractivity contribution in [3.63, 3.8) is 0 Å². The number of nitrogens with one attached hydrogen (secondary N) is 2. The van der Waals surface area contributed by atoms with Crippen LogP contribution in [0.5, 0.6) is 0 Å². The second kappa shape index (κ2) is 5.12. The third kappa shape index (κ3) is 2.27. The van der Waals surface area contributed by atoms with Crippen LogP contribution in [0.4, 0.5) is 5.00 Å². The Labute approximate surface area is 128 Å². The SMILES string of the molecule is O=C(Nc1cccs1)c1cc(-c2ccc3[nH]ncc3c2)on1. The summed E-state index contributed by atoms with van der Waals surface area (Å²) in [4.78, 5) is 12.1. The summed E-state index contributed by atoms with van der Waals surface area (Å²) in [5.41, 5.74) is 2.03. The van der Waals surface area contributed by atoms with Gasteiger partial charge in [0.1, 0.15) is 0 Å². The largest absolute Gasteiger partial charge is 0.355 e. The molecular formula is C15H10N4O2S. The van der Waals surface area contributed by atoms with Crippen molar-refractivity contribution in [3.05, 3.63) is 53.7 Å². The molecule has 0 saturated heterocycles. The van der Waals surface area contributed by atoms with Gasteiger partial charge >= 0.3 is 0 Å². The molecule has 0 radical (unpaired) electrons. The van der Waals surface area contributed by atoms with Gasteiger partial charge in [0.25, 0.3) is 5.91 Å². The minimum atomic E-state index is -0.290. The summed E-state index contributed by atoms with van der Waals surface area (Å²) in [6.45, 7) is 0.